The van der Waals surface area contributed by atoms with Crippen LogP contribution in [0.3, 0.4) is 0 Å². The van der Waals surface area contributed by atoms with Crippen LogP contribution in [0, 0.1) is 11.3 Å². The molecule has 7 nitrogen and oxygen atoms in total. The van der Waals surface area contributed by atoms with Gasteiger partial charge in [0.1, 0.15) is 5.82 Å². The van der Waals surface area contributed by atoms with E-state index in [0.717, 1.165) is 32.1 Å². The molecule has 0 radical (unpaired) electrons. The fraction of sp³-hybridized carbons (Fsp3) is 0.562. The fourth-order valence-electron chi connectivity index (χ4n) is 2.94. The normalized spacial score (nSPS) is 21.8. The highest BCUT2D eigenvalue weighted by Gasteiger charge is 2.25. The number of pyridine rings is 1. The minimum atomic E-state index is 0.128. The summed E-state index contributed by atoms with van der Waals surface area (Å²) in [5, 5.41) is 12.3. The lowest BCUT2D eigenvalue weighted by Gasteiger charge is -2.36. The molecule has 1 unspecified atom stereocenters. The van der Waals surface area contributed by atoms with Crippen LogP contribution in [0.1, 0.15) is 12.0 Å². The maximum atomic E-state index is 12.4. The topological polar surface area (TPSA) is 81.5 Å². The van der Waals surface area contributed by atoms with Gasteiger partial charge in [-0.1, -0.05) is 0 Å². The number of anilines is 1. The Morgan fingerprint density at radius 2 is 2.26 bits per heavy atom. The first-order valence-electron chi connectivity index (χ1n) is 7.96. The molecule has 122 valence electrons. The molecule has 3 heterocycles. The molecule has 2 aliphatic heterocycles. The molecule has 1 amide bonds. The van der Waals surface area contributed by atoms with Crippen molar-refractivity contribution in [2.75, 3.05) is 50.8 Å². The molecule has 3 rings (SSSR count). The predicted molar refractivity (Wildman–Crippen MR) is 85.0 cm³/mol. The molecule has 2 saturated heterocycles. The summed E-state index contributed by atoms with van der Waals surface area (Å²) in [5.41, 5.74) is 0.608. The van der Waals surface area contributed by atoms with Gasteiger partial charge in [0.25, 0.3) is 0 Å². The van der Waals surface area contributed by atoms with Gasteiger partial charge in [0.2, 0.25) is 5.91 Å². The second-order valence-electron chi connectivity index (χ2n) is 5.81. The van der Waals surface area contributed by atoms with Gasteiger partial charge in [-0.3, -0.25) is 4.79 Å². The molecule has 0 spiro atoms. The summed E-state index contributed by atoms with van der Waals surface area (Å²) < 4.78 is 5.39. The van der Waals surface area contributed by atoms with Gasteiger partial charge in [-0.2, -0.15) is 5.26 Å². The zero-order valence-electron chi connectivity index (χ0n) is 13.1. The summed E-state index contributed by atoms with van der Waals surface area (Å²) in [6.45, 7) is 4.99. The molecule has 1 aromatic heterocycles. The first kappa shape index (κ1) is 15.7. The highest BCUT2D eigenvalue weighted by Crippen LogP contribution is 2.15. The van der Waals surface area contributed by atoms with Gasteiger partial charge < -0.3 is 19.9 Å². The van der Waals surface area contributed by atoms with E-state index in [0.29, 0.717) is 31.7 Å². The molecule has 7 heteroatoms. The summed E-state index contributed by atoms with van der Waals surface area (Å²) in [6, 6.07) is 5.75. The van der Waals surface area contributed by atoms with Crippen molar-refractivity contribution in [2.45, 2.75) is 12.5 Å². The van der Waals surface area contributed by atoms with Gasteiger partial charge >= 0.3 is 0 Å². The lowest BCUT2D eigenvalue weighted by molar-refractivity contribution is -0.132. The van der Waals surface area contributed by atoms with E-state index in [-0.39, 0.29) is 11.9 Å². The third kappa shape index (κ3) is 3.97. The number of carbonyl (C=O) groups is 1. The van der Waals surface area contributed by atoms with Crippen molar-refractivity contribution in [3.8, 4) is 6.07 Å². The number of morpholine rings is 1. The number of aromatic nitrogens is 1. The van der Waals surface area contributed by atoms with Crippen LogP contribution in [0.15, 0.2) is 18.3 Å². The van der Waals surface area contributed by atoms with Gasteiger partial charge in [-0.25, -0.2) is 4.98 Å². The van der Waals surface area contributed by atoms with Crippen LogP contribution in [0.4, 0.5) is 5.82 Å². The maximum Gasteiger partial charge on any atom is 0.224 e. The number of ether oxygens (including phenoxy) is 1. The number of nitrogens with one attached hydrogen (secondary N) is 1. The van der Waals surface area contributed by atoms with E-state index < -0.39 is 0 Å². The number of nitriles is 1. The van der Waals surface area contributed by atoms with Gasteiger partial charge in [0.05, 0.1) is 24.8 Å². The minimum absolute atomic E-state index is 0.128. The van der Waals surface area contributed by atoms with E-state index in [1.807, 2.05) is 4.90 Å². The number of rotatable bonds is 3. The molecular weight excluding hydrogens is 294 g/mol. The Morgan fingerprint density at radius 3 is 2.96 bits per heavy atom. The molecule has 0 aromatic carbocycles. The van der Waals surface area contributed by atoms with Crippen LogP contribution in [0.25, 0.3) is 0 Å². The lowest BCUT2D eigenvalue weighted by Crippen LogP contribution is -2.51. The summed E-state index contributed by atoms with van der Waals surface area (Å²) in [5.74, 6) is 0.977. The smallest absolute Gasteiger partial charge is 0.224 e. The molecule has 1 N–H and O–H groups in total. The van der Waals surface area contributed by atoms with Crippen molar-refractivity contribution in [3.63, 3.8) is 0 Å². The molecule has 2 aliphatic rings. The van der Waals surface area contributed by atoms with Crippen molar-refractivity contribution in [2.24, 2.45) is 0 Å². The predicted octanol–water partition coefficient (Wildman–Crippen LogP) is -0.0196. The van der Waals surface area contributed by atoms with Gasteiger partial charge in [-0.15, -0.1) is 0 Å². The third-order valence-electron chi connectivity index (χ3n) is 4.25. The molecule has 1 atom stereocenters. The summed E-state index contributed by atoms with van der Waals surface area (Å²) in [6.07, 6.45) is 2.14. The Hall–Kier alpha value is -2.17. The SMILES string of the molecule is N#Cc1ccnc(N2CCN(C(=O)CC3COCCN3)CC2)c1. The summed E-state index contributed by atoms with van der Waals surface area (Å²) in [4.78, 5) is 20.7. The summed E-state index contributed by atoms with van der Waals surface area (Å²) >= 11 is 0. The first-order chi connectivity index (χ1) is 11.3. The van der Waals surface area contributed by atoms with Crippen LogP contribution >= 0.6 is 0 Å². The molecular formula is C16H21N5O2. The van der Waals surface area contributed by atoms with E-state index in [1.165, 1.54) is 0 Å². The fourth-order valence-corrected chi connectivity index (χ4v) is 2.94. The van der Waals surface area contributed by atoms with Crippen molar-refractivity contribution in [3.05, 3.63) is 23.9 Å². The largest absolute Gasteiger partial charge is 0.378 e. The Bertz CT molecular complexity index is 586. The molecule has 0 saturated carbocycles. The van der Waals surface area contributed by atoms with Crippen molar-refractivity contribution in [1.29, 1.82) is 5.26 Å². The quantitative estimate of drug-likeness (QED) is 0.844. The van der Waals surface area contributed by atoms with Gasteiger partial charge in [-0.05, 0) is 12.1 Å². The van der Waals surface area contributed by atoms with E-state index in [1.54, 1.807) is 18.3 Å². The van der Waals surface area contributed by atoms with Crippen molar-refractivity contribution < 1.29 is 9.53 Å². The van der Waals surface area contributed by atoms with Crippen LogP contribution in [-0.4, -0.2) is 67.8 Å². The van der Waals surface area contributed by atoms with E-state index in [9.17, 15) is 4.79 Å². The van der Waals surface area contributed by atoms with Crippen LogP contribution in [-0.2, 0) is 9.53 Å². The maximum absolute atomic E-state index is 12.4. The Morgan fingerprint density at radius 1 is 1.43 bits per heavy atom. The highest BCUT2D eigenvalue weighted by molar-refractivity contribution is 5.77. The number of hydrogen-bond acceptors (Lipinski definition) is 6. The second kappa shape index (κ2) is 7.40. The molecule has 1 aromatic rings. The number of amides is 1. The Kier molecular flexibility index (Phi) is 5.05. The van der Waals surface area contributed by atoms with Gasteiger partial charge in [0, 0.05) is 51.4 Å². The number of hydrogen-bond donors (Lipinski definition) is 1. The highest BCUT2D eigenvalue weighted by atomic mass is 16.5. The average molecular weight is 315 g/mol. The zero-order chi connectivity index (χ0) is 16.1. The number of piperazine rings is 1. The van der Waals surface area contributed by atoms with E-state index >= 15 is 0 Å². The summed E-state index contributed by atoms with van der Waals surface area (Å²) in [7, 11) is 0. The third-order valence-corrected chi connectivity index (χ3v) is 4.25. The van der Waals surface area contributed by atoms with Crippen LogP contribution in [0.2, 0.25) is 0 Å². The average Bonchev–Trinajstić information content (AvgIpc) is 2.63. The number of carbonyl (C=O) groups excluding carboxylic acids is 1. The van der Waals surface area contributed by atoms with Crippen molar-refractivity contribution in [1.82, 2.24) is 15.2 Å². The monoisotopic (exact) mass is 315 g/mol. The molecule has 23 heavy (non-hydrogen) atoms. The van der Waals surface area contributed by atoms with Crippen LogP contribution in [0.5, 0.6) is 0 Å². The van der Waals surface area contributed by atoms with Gasteiger partial charge in [0.15, 0.2) is 0 Å². The Labute approximate surface area is 135 Å². The molecule has 0 bridgehead atoms. The molecule has 0 aliphatic carbocycles. The Balaban J connectivity index is 1.51. The first-order valence-corrected chi connectivity index (χ1v) is 7.96. The zero-order valence-corrected chi connectivity index (χ0v) is 13.1. The number of nitrogens with zero attached hydrogens (tertiary/aromatic N) is 4. The standard InChI is InChI=1S/C16H21N5O2/c17-11-13-1-2-19-15(9-13)20-4-6-21(7-5-20)16(22)10-14-12-23-8-3-18-14/h1-2,9,14,18H,3-8,10,12H2. The lowest BCUT2D eigenvalue weighted by atomic mass is 10.1. The molecule has 2 fully saturated rings. The van der Waals surface area contributed by atoms with E-state index in [4.69, 9.17) is 10.00 Å². The van der Waals surface area contributed by atoms with Crippen molar-refractivity contribution >= 4 is 11.7 Å². The van der Waals surface area contributed by atoms with E-state index in [2.05, 4.69) is 21.3 Å². The minimum Gasteiger partial charge on any atom is -0.378 e. The second-order valence-corrected chi connectivity index (χ2v) is 5.81. The van der Waals surface area contributed by atoms with Crippen LogP contribution < -0.4 is 10.2 Å².